The maximum absolute atomic E-state index is 14.4. The number of alkyl halides is 3. The Morgan fingerprint density at radius 1 is 1.24 bits per heavy atom. The number of rotatable bonds is 6. The summed E-state index contributed by atoms with van der Waals surface area (Å²) >= 11 is 0. The molecular weight excluding hydrogens is 512 g/mol. The molecule has 14 heteroatoms. The molecule has 1 unspecified atom stereocenters. The summed E-state index contributed by atoms with van der Waals surface area (Å²) in [4.78, 5) is 47.4. The van der Waals surface area contributed by atoms with E-state index in [1.807, 2.05) is 4.90 Å². The molecule has 1 aromatic heterocycles. The molecule has 2 aromatic rings. The summed E-state index contributed by atoms with van der Waals surface area (Å²) in [7, 11) is 0. The number of benzene rings is 1. The Labute approximate surface area is 214 Å². The lowest BCUT2D eigenvalue weighted by Crippen LogP contribution is -2.59. The first-order valence-electron chi connectivity index (χ1n) is 12.2. The molecule has 204 valence electrons. The van der Waals surface area contributed by atoms with Crippen LogP contribution in [0.5, 0.6) is 5.75 Å². The number of anilines is 1. The number of carbonyl (C=O) groups excluding carboxylic acids is 2. The quantitative estimate of drug-likeness (QED) is 0.486. The van der Waals surface area contributed by atoms with Gasteiger partial charge in [-0.05, 0) is 31.4 Å². The number of halogens is 4. The molecule has 2 saturated heterocycles. The zero-order valence-electron chi connectivity index (χ0n) is 20.2. The summed E-state index contributed by atoms with van der Waals surface area (Å²) in [5.74, 6) is -1.17. The second-order valence-electron chi connectivity index (χ2n) is 10.1. The molecule has 1 aliphatic carbocycles. The number of urea groups is 1. The maximum atomic E-state index is 14.4. The molecular formula is C24H26F4N6O4. The Bertz CT molecular complexity index is 1280. The normalized spacial score (nSPS) is 23.3. The SMILES string of the molecule is O=C1CC2(CN1)C[C@@H](N(C(=O)NCc1ccc(OC(F)(F)F)cc1F)C1CC1)CN(c1ccnc(=O)[nH]1)C2. The van der Waals surface area contributed by atoms with Gasteiger partial charge in [0.15, 0.2) is 0 Å². The second kappa shape index (κ2) is 9.80. The molecule has 1 spiro atoms. The Kier molecular flexibility index (Phi) is 6.65. The summed E-state index contributed by atoms with van der Waals surface area (Å²) in [6.45, 7) is 1.10. The van der Waals surface area contributed by atoms with Gasteiger partial charge in [-0.3, -0.25) is 9.78 Å². The molecule has 10 nitrogen and oxygen atoms in total. The minimum atomic E-state index is -4.94. The summed E-state index contributed by atoms with van der Waals surface area (Å²) in [6, 6.07) is 3.61. The first-order chi connectivity index (χ1) is 18.0. The highest BCUT2D eigenvalue weighted by Gasteiger charge is 2.49. The number of ether oxygens (including phenoxy) is 1. The fraction of sp³-hybridized carbons (Fsp3) is 0.500. The van der Waals surface area contributed by atoms with Crippen molar-refractivity contribution in [3.8, 4) is 5.75 Å². The largest absolute Gasteiger partial charge is 0.573 e. The lowest BCUT2D eigenvalue weighted by Gasteiger charge is -2.47. The van der Waals surface area contributed by atoms with E-state index in [2.05, 4.69) is 25.3 Å². The van der Waals surface area contributed by atoms with E-state index < -0.39 is 35.1 Å². The Morgan fingerprint density at radius 3 is 2.66 bits per heavy atom. The predicted molar refractivity (Wildman–Crippen MR) is 126 cm³/mol. The number of piperidine rings is 1. The number of hydrogen-bond donors (Lipinski definition) is 3. The topological polar surface area (TPSA) is 120 Å². The third-order valence-electron chi connectivity index (χ3n) is 7.08. The summed E-state index contributed by atoms with van der Waals surface area (Å²) in [5, 5.41) is 5.57. The minimum absolute atomic E-state index is 0.00492. The van der Waals surface area contributed by atoms with Crippen molar-refractivity contribution in [1.82, 2.24) is 25.5 Å². The Balaban J connectivity index is 1.33. The molecule has 3 fully saturated rings. The predicted octanol–water partition coefficient (Wildman–Crippen LogP) is 2.27. The van der Waals surface area contributed by atoms with Crippen LogP contribution in [0.1, 0.15) is 31.2 Å². The third-order valence-corrected chi connectivity index (χ3v) is 7.08. The molecule has 3 N–H and O–H groups in total. The van der Waals surface area contributed by atoms with E-state index in [1.54, 1.807) is 11.0 Å². The average Bonchev–Trinajstić information content (AvgIpc) is 3.60. The highest BCUT2D eigenvalue weighted by atomic mass is 19.4. The van der Waals surface area contributed by atoms with Crippen LogP contribution in [0.25, 0.3) is 0 Å². The molecule has 0 bridgehead atoms. The van der Waals surface area contributed by atoms with Gasteiger partial charge in [0.05, 0.1) is 6.04 Å². The van der Waals surface area contributed by atoms with Gasteiger partial charge in [0.25, 0.3) is 0 Å². The van der Waals surface area contributed by atoms with Gasteiger partial charge in [0.1, 0.15) is 17.4 Å². The Morgan fingerprint density at radius 2 is 2.03 bits per heavy atom. The minimum Gasteiger partial charge on any atom is -0.406 e. The van der Waals surface area contributed by atoms with E-state index in [0.717, 1.165) is 25.0 Å². The van der Waals surface area contributed by atoms with Gasteiger partial charge in [-0.25, -0.2) is 19.0 Å². The number of H-pyrrole nitrogens is 1. The standard InChI is InChI=1S/C24H26F4N6O4/c25-18-7-17(38-24(26,27)28)4-1-14(18)10-30-22(37)34(15-2-3-15)16-8-23(9-20(35)31-12-23)13-33(11-16)19-5-6-29-21(36)32-19/h1,4-7,15-16H,2-3,8-13H2,(H,30,37)(H,31,35)(H,29,32,36)/t16-,23?/m1/s1. The maximum Gasteiger partial charge on any atom is 0.573 e. The van der Waals surface area contributed by atoms with Crippen molar-refractivity contribution in [2.24, 2.45) is 5.41 Å². The molecule has 2 aliphatic heterocycles. The fourth-order valence-electron chi connectivity index (χ4n) is 5.39. The van der Waals surface area contributed by atoms with Gasteiger partial charge in [-0.2, -0.15) is 0 Å². The molecule has 1 saturated carbocycles. The number of carbonyl (C=O) groups is 2. The van der Waals surface area contributed by atoms with Gasteiger partial charge >= 0.3 is 18.1 Å². The van der Waals surface area contributed by atoms with Crippen molar-refractivity contribution < 1.29 is 31.9 Å². The fourth-order valence-corrected chi connectivity index (χ4v) is 5.39. The zero-order chi connectivity index (χ0) is 27.1. The highest BCUT2D eigenvalue weighted by molar-refractivity contribution is 5.79. The van der Waals surface area contributed by atoms with Crippen molar-refractivity contribution >= 4 is 17.8 Å². The van der Waals surface area contributed by atoms with Gasteiger partial charge in [0, 0.05) is 61.9 Å². The van der Waals surface area contributed by atoms with Crippen LogP contribution in [0.2, 0.25) is 0 Å². The van der Waals surface area contributed by atoms with Crippen LogP contribution in [0, 0.1) is 11.2 Å². The number of amides is 3. The van der Waals surface area contributed by atoms with Crippen LogP contribution >= 0.6 is 0 Å². The molecule has 2 atom stereocenters. The third kappa shape index (κ3) is 5.83. The smallest absolute Gasteiger partial charge is 0.406 e. The molecule has 3 aliphatic rings. The van der Waals surface area contributed by atoms with Crippen LogP contribution in [-0.4, -0.2) is 64.9 Å². The lowest BCUT2D eigenvalue weighted by atomic mass is 9.76. The first kappa shape index (κ1) is 25.8. The number of hydrogen-bond acceptors (Lipinski definition) is 6. The summed E-state index contributed by atoms with van der Waals surface area (Å²) in [6.07, 6.45) is -1.13. The zero-order valence-corrected chi connectivity index (χ0v) is 20.2. The van der Waals surface area contributed by atoms with Crippen molar-refractivity contribution in [3.63, 3.8) is 0 Å². The Hall–Kier alpha value is -3.84. The summed E-state index contributed by atoms with van der Waals surface area (Å²) in [5.41, 5.74) is -0.955. The van der Waals surface area contributed by atoms with Gasteiger partial charge in [-0.15, -0.1) is 13.2 Å². The van der Waals surface area contributed by atoms with Crippen LogP contribution in [0.3, 0.4) is 0 Å². The highest BCUT2D eigenvalue weighted by Crippen LogP contribution is 2.41. The van der Waals surface area contributed by atoms with Crippen molar-refractivity contribution in [1.29, 1.82) is 0 Å². The van der Waals surface area contributed by atoms with E-state index >= 15 is 0 Å². The van der Waals surface area contributed by atoms with Gasteiger partial charge in [0.2, 0.25) is 5.91 Å². The average molecular weight is 539 g/mol. The van der Waals surface area contributed by atoms with E-state index in [-0.39, 0.29) is 36.5 Å². The number of aromatic amines is 1. The van der Waals surface area contributed by atoms with Crippen LogP contribution in [0.4, 0.5) is 28.2 Å². The van der Waals surface area contributed by atoms with Gasteiger partial charge < -0.3 is 25.2 Å². The van der Waals surface area contributed by atoms with E-state index in [1.165, 1.54) is 6.20 Å². The van der Waals surface area contributed by atoms with Gasteiger partial charge in [-0.1, -0.05) is 6.07 Å². The number of aromatic nitrogens is 2. The monoisotopic (exact) mass is 538 g/mol. The second-order valence-corrected chi connectivity index (χ2v) is 10.1. The molecule has 3 amide bonds. The molecule has 1 aromatic carbocycles. The lowest BCUT2D eigenvalue weighted by molar-refractivity contribution is -0.274. The summed E-state index contributed by atoms with van der Waals surface area (Å²) < 4.78 is 55.4. The molecule has 3 heterocycles. The van der Waals surface area contributed by atoms with Crippen LogP contribution in [-0.2, 0) is 11.3 Å². The van der Waals surface area contributed by atoms with Crippen LogP contribution in [0.15, 0.2) is 35.3 Å². The van der Waals surface area contributed by atoms with Crippen molar-refractivity contribution in [2.45, 2.75) is 50.7 Å². The molecule has 0 radical (unpaired) electrons. The molecule has 38 heavy (non-hydrogen) atoms. The van der Waals surface area contributed by atoms with Crippen molar-refractivity contribution in [2.75, 3.05) is 24.5 Å². The van der Waals surface area contributed by atoms with E-state index in [4.69, 9.17) is 0 Å². The first-order valence-corrected chi connectivity index (χ1v) is 12.2. The molecule has 5 rings (SSSR count). The van der Waals surface area contributed by atoms with E-state index in [0.29, 0.717) is 37.9 Å². The van der Waals surface area contributed by atoms with E-state index in [9.17, 15) is 31.9 Å². The van der Waals surface area contributed by atoms with Crippen LogP contribution < -0.4 is 26.0 Å². The van der Waals surface area contributed by atoms with Crippen molar-refractivity contribution in [3.05, 3.63) is 52.3 Å². The number of nitrogens with zero attached hydrogens (tertiary/aromatic N) is 3. The number of nitrogens with one attached hydrogen (secondary N) is 3.